The SMILES string of the molecule is CCCn1ccnc1C1CCNCC1C. The van der Waals surface area contributed by atoms with Gasteiger partial charge in [0.15, 0.2) is 0 Å². The fraction of sp³-hybridized carbons (Fsp3) is 0.750. The van der Waals surface area contributed by atoms with Crippen molar-refractivity contribution in [2.24, 2.45) is 5.92 Å². The van der Waals surface area contributed by atoms with E-state index in [9.17, 15) is 0 Å². The van der Waals surface area contributed by atoms with Crippen LogP contribution in [0.25, 0.3) is 0 Å². The molecular formula is C12H21N3. The van der Waals surface area contributed by atoms with E-state index < -0.39 is 0 Å². The van der Waals surface area contributed by atoms with Crippen LogP contribution in [0.4, 0.5) is 0 Å². The van der Waals surface area contributed by atoms with Crippen molar-refractivity contribution in [1.82, 2.24) is 14.9 Å². The van der Waals surface area contributed by atoms with Crippen LogP contribution in [0.3, 0.4) is 0 Å². The quantitative estimate of drug-likeness (QED) is 0.821. The van der Waals surface area contributed by atoms with Crippen LogP contribution in [-0.2, 0) is 6.54 Å². The smallest absolute Gasteiger partial charge is 0.112 e. The third kappa shape index (κ3) is 2.23. The Hall–Kier alpha value is -0.830. The highest BCUT2D eigenvalue weighted by Gasteiger charge is 2.25. The molecule has 15 heavy (non-hydrogen) atoms. The number of hydrogen-bond donors (Lipinski definition) is 1. The third-order valence-corrected chi connectivity index (χ3v) is 3.33. The Morgan fingerprint density at radius 3 is 3.20 bits per heavy atom. The fourth-order valence-corrected chi connectivity index (χ4v) is 2.48. The van der Waals surface area contributed by atoms with E-state index in [-0.39, 0.29) is 0 Å². The molecule has 0 radical (unpaired) electrons. The number of piperidine rings is 1. The molecule has 1 aliphatic heterocycles. The van der Waals surface area contributed by atoms with E-state index in [1.54, 1.807) is 0 Å². The van der Waals surface area contributed by atoms with Crippen molar-refractivity contribution >= 4 is 0 Å². The lowest BCUT2D eigenvalue weighted by atomic mass is 9.87. The van der Waals surface area contributed by atoms with E-state index in [4.69, 9.17) is 0 Å². The van der Waals surface area contributed by atoms with Crippen LogP contribution in [0, 0.1) is 5.92 Å². The summed E-state index contributed by atoms with van der Waals surface area (Å²) in [6, 6.07) is 0. The number of rotatable bonds is 3. The van der Waals surface area contributed by atoms with Crippen LogP contribution in [0.1, 0.15) is 38.4 Å². The Morgan fingerprint density at radius 1 is 1.60 bits per heavy atom. The lowest BCUT2D eigenvalue weighted by Crippen LogP contribution is -2.35. The van der Waals surface area contributed by atoms with E-state index in [1.807, 2.05) is 6.20 Å². The zero-order valence-corrected chi connectivity index (χ0v) is 9.74. The van der Waals surface area contributed by atoms with Crippen LogP contribution in [0.5, 0.6) is 0 Å². The second kappa shape index (κ2) is 4.79. The Bertz CT molecular complexity index is 306. The molecule has 1 aliphatic rings. The van der Waals surface area contributed by atoms with Gasteiger partial charge in [-0.3, -0.25) is 0 Å². The maximum absolute atomic E-state index is 4.54. The van der Waals surface area contributed by atoms with Crippen molar-refractivity contribution in [2.75, 3.05) is 13.1 Å². The van der Waals surface area contributed by atoms with Gasteiger partial charge in [0.05, 0.1) is 0 Å². The molecule has 3 nitrogen and oxygen atoms in total. The van der Waals surface area contributed by atoms with Crippen molar-refractivity contribution in [2.45, 2.75) is 39.2 Å². The second-order valence-electron chi connectivity index (χ2n) is 4.56. The average Bonchev–Trinajstić information content (AvgIpc) is 2.67. The molecule has 1 aromatic rings. The van der Waals surface area contributed by atoms with Crippen LogP contribution in [0.15, 0.2) is 12.4 Å². The van der Waals surface area contributed by atoms with Crippen molar-refractivity contribution in [3.63, 3.8) is 0 Å². The maximum Gasteiger partial charge on any atom is 0.112 e. The van der Waals surface area contributed by atoms with Gasteiger partial charge in [0.25, 0.3) is 0 Å². The summed E-state index contributed by atoms with van der Waals surface area (Å²) in [4.78, 5) is 4.54. The predicted molar refractivity (Wildman–Crippen MR) is 61.9 cm³/mol. The van der Waals surface area contributed by atoms with Gasteiger partial charge in [-0.15, -0.1) is 0 Å². The molecule has 2 unspecified atom stereocenters. The number of nitrogens with one attached hydrogen (secondary N) is 1. The average molecular weight is 207 g/mol. The Balaban J connectivity index is 2.15. The first kappa shape index (κ1) is 10.7. The van der Waals surface area contributed by atoms with Gasteiger partial charge in [-0.25, -0.2) is 4.98 Å². The topological polar surface area (TPSA) is 29.9 Å². The molecule has 2 atom stereocenters. The van der Waals surface area contributed by atoms with Gasteiger partial charge in [0, 0.05) is 24.9 Å². The molecule has 0 saturated carbocycles. The molecule has 0 spiro atoms. The van der Waals surface area contributed by atoms with Gasteiger partial charge in [0.2, 0.25) is 0 Å². The summed E-state index contributed by atoms with van der Waals surface area (Å²) in [6.07, 6.45) is 6.47. The highest BCUT2D eigenvalue weighted by Crippen LogP contribution is 2.28. The van der Waals surface area contributed by atoms with E-state index in [0.717, 1.165) is 19.6 Å². The highest BCUT2D eigenvalue weighted by molar-refractivity contribution is 5.04. The number of aryl methyl sites for hydroxylation is 1. The summed E-state index contributed by atoms with van der Waals surface area (Å²) in [5, 5.41) is 3.44. The molecule has 1 saturated heterocycles. The maximum atomic E-state index is 4.54. The lowest BCUT2D eigenvalue weighted by Gasteiger charge is -2.29. The van der Waals surface area contributed by atoms with Crippen molar-refractivity contribution in [3.8, 4) is 0 Å². The summed E-state index contributed by atoms with van der Waals surface area (Å²) < 4.78 is 2.33. The standard InChI is InChI=1S/C12H21N3/c1-3-7-15-8-6-14-12(15)11-4-5-13-9-10(11)2/h6,8,10-11,13H,3-5,7,9H2,1-2H3. The molecule has 1 aromatic heterocycles. The first-order chi connectivity index (χ1) is 7.33. The number of imidazole rings is 1. The van der Waals surface area contributed by atoms with Crippen LogP contribution in [0.2, 0.25) is 0 Å². The molecule has 0 aliphatic carbocycles. The molecule has 0 aromatic carbocycles. The largest absolute Gasteiger partial charge is 0.335 e. The molecule has 1 N–H and O–H groups in total. The number of nitrogens with zero attached hydrogens (tertiary/aromatic N) is 2. The van der Waals surface area contributed by atoms with E-state index in [0.29, 0.717) is 11.8 Å². The molecule has 2 heterocycles. The van der Waals surface area contributed by atoms with E-state index in [2.05, 4.69) is 34.9 Å². The normalized spacial score (nSPS) is 26.8. The minimum Gasteiger partial charge on any atom is -0.335 e. The molecule has 0 bridgehead atoms. The third-order valence-electron chi connectivity index (χ3n) is 3.33. The Kier molecular flexibility index (Phi) is 3.41. The summed E-state index contributed by atoms with van der Waals surface area (Å²) >= 11 is 0. The minimum atomic E-state index is 0.646. The number of aromatic nitrogens is 2. The molecular weight excluding hydrogens is 186 g/mol. The first-order valence-corrected chi connectivity index (χ1v) is 6.04. The molecule has 0 amide bonds. The zero-order valence-electron chi connectivity index (χ0n) is 9.74. The predicted octanol–water partition coefficient (Wildman–Crippen LogP) is 2.01. The van der Waals surface area contributed by atoms with E-state index >= 15 is 0 Å². The van der Waals surface area contributed by atoms with Gasteiger partial charge in [-0.2, -0.15) is 0 Å². The minimum absolute atomic E-state index is 0.646. The van der Waals surface area contributed by atoms with Gasteiger partial charge < -0.3 is 9.88 Å². The molecule has 84 valence electrons. The van der Waals surface area contributed by atoms with Crippen molar-refractivity contribution in [3.05, 3.63) is 18.2 Å². The molecule has 3 heteroatoms. The lowest BCUT2D eigenvalue weighted by molar-refractivity contribution is 0.329. The summed E-state index contributed by atoms with van der Waals surface area (Å²) in [6.45, 7) is 7.90. The summed E-state index contributed by atoms with van der Waals surface area (Å²) in [7, 11) is 0. The summed E-state index contributed by atoms with van der Waals surface area (Å²) in [5.74, 6) is 2.65. The van der Waals surface area contributed by atoms with E-state index in [1.165, 1.54) is 18.7 Å². The molecule has 2 rings (SSSR count). The van der Waals surface area contributed by atoms with Gasteiger partial charge in [-0.1, -0.05) is 13.8 Å². The van der Waals surface area contributed by atoms with Crippen molar-refractivity contribution in [1.29, 1.82) is 0 Å². The monoisotopic (exact) mass is 207 g/mol. The molecule has 1 fully saturated rings. The van der Waals surface area contributed by atoms with Crippen LogP contribution >= 0.6 is 0 Å². The van der Waals surface area contributed by atoms with Gasteiger partial charge in [0.1, 0.15) is 5.82 Å². The van der Waals surface area contributed by atoms with Gasteiger partial charge in [-0.05, 0) is 31.8 Å². The van der Waals surface area contributed by atoms with Crippen molar-refractivity contribution < 1.29 is 0 Å². The fourth-order valence-electron chi connectivity index (χ4n) is 2.48. The van der Waals surface area contributed by atoms with Crippen LogP contribution < -0.4 is 5.32 Å². The summed E-state index contributed by atoms with van der Waals surface area (Å²) in [5.41, 5.74) is 0. The first-order valence-electron chi connectivity index (χ1n) is 6.04. The highest BCUT2D eigenvalue weighted by atomic mass is 15.1. The van der Waals surface area contributed by atoms with Gasteiger partial charge >= 0.3 is 0 Å². The Morgan fingerprint density at radius 2 is 2.47 bits per heavy atom. The number of hydrogen-bond acceptors (Lipinski definition) is 2. The zero-order chi connectivity index (χ0) is 10.7. The Labute approximate surface area is 91.9 Å². The second-order valence-corrected chi connectivity index (χ2v) is 4.56. The van der Waals surface area contributed by atoms with Crippen LogP contribution in [-0.4, -0.2) is 22.6 Å².